The number of pyridine rings is 1. The van der Waals surface area contributed by atoms with Gasteiger partial charge in [-0.2, -0.15) is 26.3 Å². The van der Waals surface area contributed by atoms with Gasteiger partial charge >= 0.3 is 41.9 Å². The Bertz CT molecular complexity index is 1580. The van der Waals surface area contributed by atoms with E-state index in [1.165, 1.54) is 17.3 Å². The summed E-state index contributed by atoms with van der Waals surface area (Å²) >= 11 is 0. The number of hydrogen-bond acceptors (Lipinski definition) is 8. The van der Waals surface area contributed by atoms with E-state index in [-0.39, 0.29) is 78.9 Å². The zero-order valence-electron chi connectivity index (χ0n) is 25.5. The molecule has 0 atom stereocenters. The maximum absolute atomic E-state index is 13.7. The Morgan fingerprint density at radius 3 is 2.04 bits per heavy atom. The summed E-state index contributed by atoms with van der Waals surface area (Å²) in [6.07, 6.45) is -7.46. The van der Waals surface area contributed by atoms with Gasteiger partial charge < -0.3 is 24.4 Å². The molecule has 8 nitrogen and oxygen atoms in total. The fourth-order valence-corrected chi connectivity index (χ4v) is 4.75. The number of carbonyl (C=O) groups is 1. The summed E-state index contributed by atoms with van der Waals surface area (Å²) in [5.41, 5.74) is -1.72. The second-order valence-electron chi connectivity index (χ2n) is 10.1. The predicted molar refractivity (Wildman–Crippen MR) is 153 cm³/mol. The van der Waals surface area contributed by atoms with Crippen LogP contribution in [0, 0.1) is 0 Å². The Hall–Kier alpha value is -3.62. The summed E-state index contributed by atoms with van der Waals surface area (Å²) in [5, 5.41) is 11.4. The number of carbonyl (C=O) groups excluding carboxylic acids is 1. The van der Waals surface area contributed by atoms with E-state index in [4.69, 9.17) is 9.72 Å². The minimum absolute atomic E-state index is 0. The number of nitrogens with zero attached hydrogens (tertiary/aromatic N) is 5. The molecule has 4 rings (SSSR count). The third-order valence-corrected chi connectivity index (χ3v) is 6.92. The molecular weight excluding hydrogens is 627 g/mol. The van der Waals surface area contributed by atoms with Crippen LogP contribution >= 0.6 is 0 Å². The van der Waals surface area contributed by atoms with Gasteiger partial charge in [-0.05, 0) is 62.6 Å². The molecule has 0 amide bonds. The quantitative estimate of drug-likeness (QED) is 0.123. The van der Waals surface area contributed by atoms with Gasteiger partial charge in [0.25, 0.3) is 0 Å². The maximum Gasteiger partial charge on any atom is 1.00 e. The predicted octanol–water partition coefficient (Wildman–Crippen LogP) is 3.03. The van der Waals surface area contributed by atoms with Crippen LogP contribution in [0.4, 0.5) is 38.1 Å². The van der Waals surface area contributed by atoms with E-state index in [1.54, 1.807) is 0 Å². The molecule has 2 heterocycles. The summed E-state index contributed by atoms with van der Waals surface area (Å²) < 4.78 is 87.4. The number of alkyl halides is 6. The smallest absolute Gasteiger partial charge is 0.550 e. The van der Waals surface area contributed by atoms with E-state index in [2.05, 4.69) is 9.97 Å². The van der Waals surface area contributed by atoms with Gasteiger partial charge in [0.1, 0.15) is 5.82 Å². The zero-order chi connectivity index (χ0) is 32.8. The molecular formula is C31H30F6N5NaO3. The molecule has 4 aromatic rings. The third-order valence-electron chi connectivity index (χ3n) is 6.92. The van der Waals surface area contributed by atoms with Crippen LogP contribution in [-0.4, -0.2) is 40.6 Å². The van der Waals surface area contributed by atoms with Gasteiger partial charge in [-0.25, -0.2) is 15.0 Å². The number of rotatable bonds is 13. The van der Waals surface area contributed by atoms with Gasteiger partial charge in [0.05, 0.1) is 35.6 Å². The van der Waals surface area contributed by atoms with Crippen molar-refractivity contribution in [3.8, 4) is 5.75 Å². The van der Waals surface area contributed by atoms with Crippen molar-refractivity contribution in [1.82, 2.24) is 15.0 Å². The molecule has 0 saturated carbocycles. The number of hydrogen-bond donors (Lipinski definition) is 0. The van der Waals surface area contributed by atoms with Gasteiger partial charge in [0.2, 0.25) is 5.95 Å². The zero-order valence-corrected chi connectivity index (χ0v) is 27.5. The number of carboxylic acids is 1. The first-order valence-electron chi connectivity index (χ1n) is 14.1. The van der Waals surface area contributed by atoms with Crippen molar-refractivity contribution in [1.29, 1.82) is 0 Å². The monoisotopic (exact) mass is 657 g/mol. The van der Waals surface area contributed by atoms with Crippen LogP contribution in [0.3, 0.4) is 0 Å². The first-order valence-corrected chi connectivity index (χ1v) is 14.1. The molecule has 46 heavy (non-hydrogen) atoms. The SMILES string of the molecule is CCN(CC)c1nc2ccccc2cc1CN(Cc1cc(C(F)(F)F)cc(C(F)(F)F)c1)c1ncc(OCCCC(=O)[O-])cn1.[Na+]. The van der Waals surface area contributed by atoms with E-state index in [1.807, 2.05) is 49.1 Å². The Morgan fingerprint density at radius 1 is 0.870 bits per heavy atom. The molecule has 2 aromatic heterocycles. The molecule has 0 radical (unpaired) electrons. The number of carboxylic acid groups (broad SMARTS) is 1. The van der Waals surface area contributed by atoms with Crippen LogP contribution in [0.1, 0.15) is 48.9 Å². The van der Waals surface area contributed by atoms with Crippen LogP contribution in [0.2, 0.25) is 0 Å². The number of anilines is 2. The average Bonchev–Trinajstić information content (AvgIpc) is 2.99. The minimum atomic E-state index is -5.01. The van der Waals surface area contributed by atoms with Gasteiger partial charge in [-0.15, -0.1) is 0 Å². The maximum atomic E-state index is 13.7. The Kier molecular flexibility index (Phi) is 12.6. The Labute approximate surface area is 283 Å². The van der Waals surface area contributed by atoms with Crippen LogP contribution in [0.15, 0.2) is 60.9 Å². The topological polar surface area (TPSA) is 94.5 Å². The first-order chi connectivity index (χ1) is 21.3. The van der Waals surface area contributed by atoms with Crippen LogP contribution in [-0.2, 0) is 30.2 Å². The van der Waals surface area contributed by atoms with Gasteiger partial charge in [0, 0.05) is 43.1 Å². The number of para-hydroxylation sites is 1. The molecule has 0 saturated heterocycles. The Balaban J connectivity index is 0.00000576. The fourth-order valence-electron chi connectivity index (χ4n) is 4.75. The minimum Gasteiger partial charge on any atom is -0.550 e. The average molecular weight is 658 g/mol. The number of halogens is 6. The van der Waals surface area contributed by atoms with Crippen molar-refractivity contribution in [2.75, 3.05) is 29.5 Å². The van der Waals surface area contributed by atoms with E-state index in [9.17, 15) is 36.2 Å². The molecule has 0 spiro atoms. The number of ether oxygens (including phenoxy) is 1. The van der Waals surface area contributed by atoms with Gasteiger partial charge in [-0.3, -0.25) is 0 Å². The summed E-state index contributed by atoms with van der Waals surface area (Å²) in [5.74, 6) is -0.402. The summed E-state index contributed by atoms with van der Waals surface area (Å²) in [7, 11) is 0. The van der Waals surface area contributed by atoms with Crippen molar-refractivity contribution in [2.45, 2.75) is 52.1 Å². The van der Waals surface area contributed by atoms with E-state index < -0.39 is 36.0 Å². The van der Waals surface area contributed by atoms with Crippen molar-refractivity contribution in [3.63, 3.8) is 0 Å². The summed E-state index contributed by atoms with van der Waals surface area (Å²) in [4.78, 5) is 27.5. The number of benzene rings is 2. The first kappa shape index (κ1) is 36.8. The molecule has 0 aliphatic heterocycles. The normalized spacial score (nSPS) is 11.7. The van der Waals surface area contributed by atoms with Crippen LogP contribution in [0.5, 0.6) is 5.75 Å². The molecule has 0 aliphatic rings. The van der Waals surface area contributed by atoms with E-state index in [0.29, 0.717) is 36.6 Å². The molecule has 2 aromatic carbocycles. The third kappa shape index (κ3) is 9.69. The molecule has 15 heteroatoms. The van der Waals surface area contributed by atoms with Crippen molar-refractivity contribution >= 4 is 28.6 Å². The van der Waals surface area contributed by atoms with E-state index >= 15 is 0 Å². The Morgan fingerprint density at radius 2 is 1.48 bits per heavy atom. The van der Waals surface area contributed by atoms with Gasteiger partial charge in [0.15, 0.2) is 5.75 Å². The summed E-state index contributed by atoms with van der Waals surface area (Å²) in [6.45, 7) is 4.71. The largest absolute Gasteiger partial charge is 1.00 e. The number of fused-ring (bicyclic) bond motifs is 1. The second kappa shape index (κ2) is 15.8. The molecule has 0 N–H and O–H groups in total. The van der Waals surface area contributed by atoms with Crippen LogP contribution in [0.25, 0.3) is 10.9 Å². The molecule has 0 bridgehead atoms. The molecule has 0 fully saturated rings. The second-order valence-corrected chi connectivity index (χ2v) is 10.1. The van der Waals surface area contributed by atoms with Crippen molar-refractivity contribution < 1.29 is 70.5 Å². The summed E-state index contributed by atoms with van der Waals surface area (Å²) in [6, 6.07) is 10.7. The van der Waals surface area contributed by atoms with Crippen molar-refractivity contribution in [3.05, 3.63) is 83.2 Å². The standard InChI is InChI=1S/C31H31F6N5O3.Na/c1-3-41(4-2)28-22(14-21-8-5-6-9-26(21)40-28)19-42(29-38-16-25(17-39-29)45-11-7-10-27(43)44)18-20-12-23(30(32,33)34)15-24(13-20)31(35,36)37;/h5-6,8-9,12-17H,3-4,7,10-11,18-19H2,1-2H3,(H,43,44);/q;+1/p-1. The van der Waals surface area contributed by atoms with Crippen LogP contribution < -0.4 is 49.2 Å². The van der Waals surface area contributed by atoms with Gasteiger partial charge in [-0.1, -0.05) is 18.2 Å². The molecule has 0 unspecified atom stereocenters. The molecule has 240 valence electrons. The van der Waals surface area contributed by atoms with E-state index in [0.717, 1.165) is 10.9 Å². The molecule has 0 aliphatic carbocycles. The number of aromatic nitrogens is 3. The fraction of sp³-hybridized carbons (Fsp3) is 0.355. The van der Waals surface area contributed by atoms with Crippen molar-refractivity contribution in [2.24, 2.45) is 0 Å². The number of aliphatic carboxylic acids is 1.